The molecule has 2 aromatic rings. The summed E-state index contributed by atoms with van der Waals surface area (Å²) in [5.41, 5.74) is 3.18. The number of halogens is 1. The second-order valence-electron chi connectivity index (χ2n) is 11.2. The summed E-state index contributed by atoms with van der Waals surface area (Å²) < 4.78 is 15.2. The molecule has 4 bridgehead atoms. The number of hydrogen-bond donors (Lipinski definition) is 2. The third-order valence-corrected chi connectivity index (χ3v) is 10.4. The number of phenolic OH excluding ortho intramolecular Hbond substituents is 1. The number of carbonyl (C=O) groups excluding carboxylic acids is 1. The Morgan fingerprint density at radius 2 is 1.84 bits per heavy atom. The van der Waals surface area contributed by atoms with Crippen LogP contribution in [0.4, 0.5) is 4.39 Å². The van der Waals surface area contributed by atoms with E-state index in [0.717, 1.165) is 53.8 Å². The highest BCUT2D eigenvalue weighted by Crippen LogP contribution is 2.62. The van der Waals surface area contributed by atoms with E-state index in [0.29, 0.717) is 33.0 Å². The molecule has 8 heteroatoms. The van der Waals surface area contributed by atoms with Gasteiger partial charge in [-0.05, 0) is 114 Å². The van der Waals surface area contributed by atoms with Crippen LogP contribution >= 0.6 is 23.5 Å². The first-order chi connectivity index (χ1) is 17.9. The standard InChI is InChI=1S/C29H28FN3O2S2/c30-23-12-21(11-22(25(23)34)29-13-17-6-18(14-29)8-19(7-17)15-29)20-3-1-2-16(9-20)10-24-26(35)32-28(37-24)33-27-31-4-5-36-27/h1-3,9-12,17-19,34H,4-8,13-15H2,(H,31,32,33,35)/b24-10+. The number of amidine groups is 2. The predicted octanol–water partition coefficient (Wildman–Crippen LogP) is 6.33. The van der Waals surface area contributed by atoms with E-state index in [2.05, 4.69) is 15.3 Å². The van der Waals surface area contributed by atoms with E-state index in [1.807, 2.05) is 36.4 Å². The van der Waals surface area contributed by atoms with Gasteiger partial charge in [0.25, 0.3) is 5.91 Å². The summed E-state index contributed by atoms with van der Waals surface area (Å²) in [6.45, 7) is 0.757. The van der Waals surface area contributed by atoms with Gasteiger partial charge >= 0.3 is 0 Å². The van der Waals surface area contributed by atoms with Gasteiger partial charge in [0.2, 0.25) is 0 Å². The van der Waals surface area contributed by atoms with Crippen LogP contribution in [0.1, 0.15) is 49.7 Å². The van der Waals surface area contributed by atoms with Crippen molar-refractivity contribution >= 4 is 45.8 Å². The molecule has 0 spiro atoms. The van der Waals surface area contributed by atoms with Gasteiger partial charge in [-0.25, -0.2) is 4.39 Å². The summed E-state index contributed by atoms with van der Waals surface area (Å²) in [5.74, 6) is 2.13. The van der Waals surface area contributed by atoms with Crippen LogP contribution in [0, 0.1) is 23.6 Å². The van der Waals surface area contributed by atoms with Gasteiger partial charge in [-0.3, -0.25) is 9.79 Å². The molecular formula is C29H28FN3O2S2. The summed E-state index contributed by atoms with van der Waals surface area (Å²) in [6, 6.07) is 11.3. The monoisotopic (exact) mass is 533 g/mol. The molecule has 0 unspecified atom stereocenters. The molecule has 5 fully saturated rings. The van der Waals surface area contributed by atoms with Crippen molar-refractivity contribution in [3.05, 3.63) is 58.2 Å². The van der Waals surface area contributed by atoms with Crippen molar-refractivity contribution in [2.45, 2.75) is 43.9 Å². The molecule has 0 aromatic heterocycles. The van der Waals surface area contributed by atoms with Gasteiger partial charge in [0.15, 0.2) is 21.9 Å². The number of thioether (sulfide) groups is 2. The number of nitrogens with one attached hydrogen (secondary N) is 1. The molecule has 1 amide bonds. The molecule has 2 heterocycles. The molecule has 37 heavy (non-hydrogen) atoms. The van der Waals surface area contributed by atoms with Crippen LogP contribution < -0.4 is 5.32 Å². The lowest BCUT2D eigenvalue weighted by atomic mass is 9.48. The summed E-state index contributed by atoms with van der Waals surface area (Å²) in [4.78, 5) is 21.9. The largest absolute Gasteiger partial charge is 0.505 e. The number of hydrogen-bond acceptors (Lipinski definition) is 6. The van der Waals surface area contributed by atoms with Gasteiger partial charge in [-0.2, -0.15) is 4.99 Å². The number of benzene rings is 2. The average molecular weight is 534 g/mol. The number of aliphatic imine (C=N–C) groups is 2. The van der Waals surface area contributed by atoms with Crippen molar-refractivity contribution in [1.82, 2.24) is 5.32 Å². The van der Waals surface area contributed by atoms with E-state index in [-0.39, 0.29) is 17.1 Å². The van der Waals surface area contributed by atoms with E-state index in [1.54, 1.807) is 11.8 Å². The first-order valence-electron chi connectivity index (χ1n) is 13.0. The molecule has 2 N–H and O–H groups in total. The fraction of sp³-hybridized carbons (Fsp3) is 0.414. The van der Waals surface area contributed by atoms with Crippen LogP contribution in [0.3, 0.4) is 0 Å². The number of carbonyl (C=O) groups is 1. The number of rotatable bonds is 3. The Labute approximate surface area is 224 Å². The Hall–Kier alpha value is -2.58. The molecule has 4 saturated carbocycles. The quantitative estimate of drug-likeness (QED) is 0.452. The molecule has 0 atom stereocenters. The summed E-state index contributed by atoms with van der Waals surface area (Å²) in [5, 5.41) is 14.9. The zero-order valence-electron chi connectivity index (χ0n) is 20.4. The molecular weight excluding hydrogens is 505 g/mol. The Bertz CT molecular complexity index is 1360. The normalized spacial score (nSPS) is 32.4. The highest BCUT2D eigenvalue weighted by Gasteiger charge is 2.52. The maximum Gasteiger partial charge on any atom is 0.264 e. The maximum absolute atomic E-state index is 15.2. The smallest absolute Gasteiger partial charge is 0.264 e. The third kappa shape index (κ3) is 4.32. The number of phenols is 1. The summed E-state index contributed by atoms with van der Waals surface area (Å²) in [6.07, 6.45) is 8.90. The molecule has 5 nitrogen and oxygen atoms in total. The minimum Gasteiger partial charge on any atom is -0.505 e. The molecule has 2 aliphatic heterocycles. The second kappa shape index (κ2) is 9.02. The summed E-state index contributed by atoms with van der Waals surface area (Å²) >= 11 is 2.89. The molecule has 4 aliphatic carbocycles. The lowest BCUT2D eigenvalue weighted by Crippen LogP contribution is -2.48. The fourth-order valence-corrected chi connectivity index (χ4v) is 9.11. The van der Waals surface area contributed by atoms with Gasteiger partial charge in [-0.15, -0.1) is 0 Å². The molecule has 1 saturated heterocycles. The highest BCUT2D eigenvalue weighted by molar-refractivity contribution is 8.19. The van der Waals surface area contributed by atoms with Crippen LogP contribution in [0.15, 0.2) is 51.3 Å². The van der Waals surface area contributed by atoms with Gasteiger partial charge in [-0.1, -0.05) is 30.0 Å². The molecule has 190 valence electrons. The Morgan fingerprint density at radius 1 is 1.08 bits per heavy atom. The Morgan fingerprint density at radius 3 is 2.54 bits per heavy atom. The van der Waals surface area contributed by atoms with Gasteiger partial charge in [0.05, 0.1) is 11.4 Å². The Kier molecular flexibility index (Phi) is 5.73. The van der Waals surface area contributed by atoms with E-state index in [1.165, 1.54) is 37.1 Å². The lowest BCUT2D eigenvalue weighted by Gasteiger charge is -2.57. The minimum atomic E-state index is -0.550. The average Bonchev–Trinajstić information content (AvgIpc) is 3.49. The van der Waals surface area contributed by atoms with Crippen LogP contribution in [-0.2, 0) is 10.2 Å². The summed E-state index contributed by atoms with van der Waals surface area (Å²) in [7, 11) is 0. The van der Waals surface area contributed by atoms with Gasteiger partial charge < -0.3 is 10.4 Å². The van der Waals surface area contributed by atoms with Crippen LogP contribution in [-0.4, -0.2) is 33.6 Å². The van der Waals surface area contributed by atoms with Crippen LogP contribution in [0.25, 0.3) is 17.2 Å². The number of amides is 1. The number of nitrogens with zero attached hydrogens (tertiary/aromatic N) is 2. The molecule has 6 aliphatic rings. The number of aromatic hydroxyl groups is 1. The minimum absolute atomic E-state index is 0.106. The zero-order valence-corrected chi connectivity index (χ0v) is 22.0. The lowest BCUT2D eigenvalue weighted by molar-refractivity contribution is -0.115. The van der Waals surface area contributed by atoms with Crippen molar-refractivity contribution in [1.29, 1.82) is 0 Å². The SMILES string of the molecule is O=C1NC(=NC2=NCCS2)S/C1=C/c1cccc(-c2cc(F)c(O)c(C34CC5CC(CC(C5)C3)C4)c2)c1. The maximum atomic E-state index is 15.2. The first kappa shape index (κ1) is 23.5. The van der Waals surface area contributed by atoms with Crippen molar-refractivity contribution in [2.75, 3.05) is 12.3 Å². The van der Waals surface area contributed by atoms with Crippen LogP contribution in [0.5, 0.6) is 5.75 Å². The van der Waals surface area contributed by atoms with Crippen molar-refractivity contribution in [2.24, 2.45) is 27.7 Å². The first-order valence-corrected chi connectivity index (χ1v) is 14.8. The van der Waals surface area contributed by atoms with Crippen molar-refractivity contribution in [3.63, 3.8) is 0 Å². The third-order valence-electron chi connectivity index (χ3n) is 8.61. The van der Waals surface area contributed by atoms with Crippen LogP contribution in [0.2, 0.25) is 0 Å². The second-order valence-corrected chi connectivity index (χ2v) is 13.3. The topological polar surface area (TPSA) is 74.0 Å². The zero-order chi connectivity index (χ0) is 25.1. The predicted molar refractivity (Wildman–Crippen MR) is 149 cm³/mol. The van der Waals surface area contributed by atoms with Crippen molar-refractivity contribution in [3.8, 4) is 16.9 Å². The Balaban J connectivity index is 1.20. The van der Waals surface area contributed by atoms with Gasteiger partial charge in [0.1, 0.15) is 0 Å². The van der Waals surface area contributed by atoms with E-state index >= 15 is 4.39 Å². The molecule has 8 rings (SSSR count). The highest BCUT2D eigenvalue weighted by atomic mass is 32.2. The molecule has 2 aromatic carbocycles. The van der Waals surface area contributed by atoms with E-state index in [9.17, 15) is 9.90 Å². The van der Waals surface area contributed by atoms with E-state index < -0.39 is 5.82 Å². The van der Waals surface area contributed by atoms with Gasteiger partial charge in [0, 0.05) is 11.3 Å². The van der Waals surface area contributed by atoms with E-state index in [4.69, 9.17) is 0 Å². The fourth-order valence-electron chi connectivity index (χ4n) is 7.53. The van der Waals surface area contributed by atoms with Crippen molar-refractivity contribution < 1.29 is 14.3 Å². The molecule has 0 radical (unpaired) electrons.